The first-order valence-corrected chi connectivity index (χ1v) is 11.8. The van der Waals surface area contributed by atoms with E-state index in [0.717, 1.165) is 0 Å². The Labute approximate surface area is 227 Å². The fourth-order valence-electron chi connectivity index (χ4n) is 3.47. The lowest BCUT2D eigenvalue weighted by Gasteiger charge is -2.16. The largest absolute Gasteiger partial charge is 0.495 e. The Balaban J connectivity index is 2.09. The smallest absolute Gasteiger partial charge is 0.335 e. The molecule has 0 saturated carbocycles. The molecular weight excluding hydrogens is 560 g/mol. The Hall–Kier alpha value is -4.51. The van der Waals surface area contributed by atoms with Gasteiger partial charge in [-0.25, -0.2) is 4.79 Å². The highest BCUT2D eigenvalue weighted by molar-refractivity contribution is 9.10. The van der Waals surface area contributed by atoms with Gasteiger partial charge in [0.15, 0.2) is 11.5 Å². The lowest BCUT2D eigenvalue weighted by atomic mass is 10.1. The molecule has 0 bridgehead atoms. The van der Waals surface area contributed by atoms with Crippen LogP contribution in [0.5, 0.6) is 23.0 Å². The third-order valence-electron chi connectivity index (χ3n) is 5.30. The molecule has 0 unspecified atom stereocenters. The van der Waals surface area contributed by atoms with Crippen molar-refractivity contribution in [3.8, 4) is 23.0 Å². The third-order valence-corrected chi connectivity index (χ3v) is 6.00. The van der Waals surface area contributed by atoms with Gasteiger partial charge in [0.05, 0.1) is 45.3 Å². The molecule has 11 heteroatoms. The highest BCUT2D eigenvalue weighted by Gasteiger charge is 2.20. The van der Waals surface area contributed by atoms with Gasteiger partial charge >= 0.3 is 5.97 Å². The van der Waals surface area contributed by atoms with Crippen molar-refractivity contribution in [1.82, 2.24) is 5.32 Å². The van der Waals surface area contributed by atoms with Crippen molar-refractivity contribution in [2.24, 2.45) is 0 Å². The molecule has 3 aromatic carbocycles. The van der Waals surface area contributed by atoms with E-state index in [0.29, 0.717) is 32.8 Å². The van der Waals surface area contributed by atoms with Crippen molar-refractivity contribution in [3.05, 3.63) is 81.5 Å². The predicted octanol–water partition coefficient (Wildman–Crippen LogP) is 4.59. The summed E-state index contributed by atoms with van der Waals surface area (Å²) in [5, 5.41) is 14.6. The van der Waals surface area contributed by atoms with Crippen LogP contribution < -0.4 is 29.6 Å². The summed E-state index contributed by atoms with van der Waals surface area (Å²) >= 11 is 3.34. The number of rotatable bonds is 10. The van der Waals surface area contributed by atoms with Crippen LogP contribution in [0.15, 0.2) is 64.8 Å². The van der Waals surface area contributed by atoms with E-state index in [1.807, 2.05) is 0 Å². The maximum atomic E-state index is 13.5. The van der Waals surface area contributed by atoms with Crippen LogP contribution in [0, 0.1) is 0 Å². The van der Waals surface area contributed by atoms with Crippen LogP contribution >= 0.6 is 15.9 Å². The summed E-state index contributed by atoms with van der Waals surface area (Å²) in [6.45, 7) is 0. The molecule has 0 aliphatic carbocycles. The van der Waals surface area contributed by atoms with Crippen LogP contribution in [0.2, 0.25) is 0 Å². The quantitative estimate of drug-likeness (QED) is 0.295. The van der Waals surface area contributed by atoms with E-state index < -0.39 is 17.8 Å². The van der Waals surface area contributed by atoms with Crippen LogP contribution in [0.3, 0.4) is 0 Å². The Bertz CT molecular complexity index is 1380. The first-order valence-electron chi connectivity index (χ1n) is 11.0. The fraction of sp³-hybridized carbons (Fsp3) is 0.148. The Morgan fingerprint density at radius 1 is 0.842 bits per heavy atom. The number of carboxylic acids is 1. The number of aromatic carboxylic acids is 1. The van der Waals surface area contributed by atoms with Crippen molar-refractivity contribution in [3.63, 3.8) is 0 Å². The highest BCUT2D eigenvalue weighted by atomic mass is 79.9. The van der Waals surface area contributed by atoms with Gasteiger partial charge < -0.3 is 34.7 Å². The van der Waals surface area contributed by atoms with Gasteiger partial charge in [0.1, 0.15) is 11.4 Å². The number of nitrogens with one attached hydrogen (secondary N) is 2. The first-order chi connectivity index (χ1) is 18.2. The second-order valence-corrected chi connectivity index (χ2v) is 8.48. The molecule has 0 radical (unpaired) electrons. The topological polar surface area (TPSA) is 132 Å². The summed E-state index contributed by atoms with van der Waals surface area (Å²) in [6.07, 6.45) is 1.42. The first kappa shape index (κ1) is 28.1. The Morgan fingerprint density at radius 3 is 2.03 bits per heavy atom. The summed E-state index contributed by atoms with van der Waals surface area (Å²) in [7, 11) is 5.75. The summed E-state index contributed by atoms with van der Waals surface area (Å²) in [5.41, 5.74) is 0.629. The van der Waals surface area contributed by atoms with E-state index in [1.54, 1.807) is 36.4 Å². The van der Waals surface area contributed by atoms with Crippen LogP contribution in [0.1, 0.15) is 26.3 Å². The number of carboxylic acid groups (broad SMARTS) is 1. The van der Waals surface area contributed by atoms with Crippen LogP contribution in [0.4, 0.5) is 5.69 Å². The normalized spacial score (nSPS) is 10.8. The minimum Gasteiger partial charge on any atom is -0.495 e. The summed E-state index contributed by atoms with van der Waals surface area (Å²) in [4.78, 5) is 38.0. The van der Waals surface area contributed by atoms with E-state index in [-0.39, 0.29) is 22.7 Å². The lowest BCUT2D eigenvalue weighted by Crippen LogP contribution is -2.31. The zero-order chi connectivity index (χ0) is 27.8. The van der Waals surface area contributed by atoms with Gasteiger partial charge in [-0.3, -0.25) is 9.59 Å². The predicted molar refractivity (Wildman–Crippen MR) is 144 cm³/mol. The standard InChI is InChI=1S/C27H25BrN2O8/c1-35-21-10-9-16(27(33)34)14-19(21)29-26(32)20(30-25(31)17-7-5-6-8-18(17)28)11-15-12-22(36-2)24(38-4)23(13-15)37-3/h5-14H,1-4H3,(H,29,32)(H,30,31)(H,33,34). The molecule has 0 spiro atoms. The van der Waals surface area contributed by atoms with Gasteiger partial charge in [0, 0.05) is 4.47 Å². The van der Waals surface area contributed by atoms with Crippen LogP contribution in [-0.2, 0) is 4.79 Å². The van der Waals surface area contributed by atoms with Crippen molar-refractivity contribution < 1.29 is 38.4 Å². The van der Waals surface area contributed by atoms with Crippen molar-refractivity contribution >= 4 is 45.5 Å². The number of halogens is 1. The van der Waals surface area contributed by atoms with E-state index in [4.69, 9.17) is 18.9 Å². The molecule has 3 aromatic rings. The zero-order valence-corrected chi connectivity index (χ0v) is 22.5. The number of hydrogen-bond donors (Lipinski definition) is 3. The summed E-state index contributed by atoms with van der Waals surface area (Å²) in [5.74, 6) is -1.22. The maximum Gasteiger partial charge on any atom is 0.335 e. The number of hydrogen-bond acceptors (Lipinski definition) is 7. The highest BCUT2D eigenvalue weighted by Crippen LogP contribution is 2.38. The molecule has 3 N–H and O–H groups in total. The lowest BCUT2D eigenvalue weighted by molar-refractivity contribution is -0.113. The molecule has 0 aliphatic heterocycles. The van der Waals surface area contributed by atoms with Gasteiger partial charge in [-0.05, 0) is 70.0 Å². The number of ether oxygens (including phenoxy) is 4. The minimum absolute atomic E-state index is 0.0616. The van der Waals surface area contributed by atoms with Gasteiger partial charge in [-0.15, -0.1) is 0 Å². The molecule has 0 fully saturated rings. The summed E-state index contributed by atoms with van der Waals surface area (Å²) < 4.78 is 21.9. The molecule has 2 amide bonds. The number of carbonyl (C=O) groups is 3. The average Bonchev–Trinajstić information content (AvgIpc) is 2.91. The zero-order valence-electron chi connectivity index (χ0n) is 21.0. The molecule has 0 aliphatic rings. The van der Waals surface area contributed by atoms with E-state index >= 15 is 0 Å². The molecule has 10 nitrogen and oxygen atoms in total. The Morgan fingerprint density at radius 2 is 1.47 bits per heavy atom. The number of benzene rings is 3. The molecular formula is C27H25BrN2O8. The molecule has 3 rings (SSSR count). The molecule has 0 heterocycles. The van der Waals surface area contributed by atoms with Crippen molar-refractivity contribution in [2.75, 3.05) is 33.8 Å². The average molecular weight is 585 g/mol. The number of carbonyl (C=O) groups excluding carboxylic acids is 2. The van der Waals surface area contributed by atoms with Crippen LogP contribution in [-0.4, -0.2) is 51.3 Å². The van der Waals surface area contributed by atoms with Gasteiger partial charge in [-0.1, -0.05) is 12.1 Å². The molecule has 198 valence electrons. The minimum atomic E-state index is -1.18. The molecule has 0 saturated heterocycles. The van der Waals surface area contributed by atoms with Crippen LogP contribution in [0.25, 0.3) is 6.08 Å². The second-order valence-electron chi connectivity index (χ2n) is 7.62. The number of amides is 2. The SMILES string of the molecule is COc1ccc(C(=O)O)cc1NC(=O)C(=Cc1cc(OC)c(OC)c(OC)c1)NC(=O)c1ccccc1Br. The number of methoxy groups -OCH3 is 4. The van der Waals surface area contributed by atoms with E-state index in [2.05, 4.69) is 26.6 Å². The number of anilines is 1. The van der Waals surface area contributed by atoms with Crippen molar-refractivity contribution in [1.29, 1.82) is 0 Å². The maximum absolute atomic E-state index is 13.5. The Kier molecular flexibility index (Phi) is 9.33. The second kappa shape index (κ2) is 12.6. The van der Waals surface area contributed by atoms with E-state index in [9.17, 15) is 19.5 Å². The fourth-order valence-corrected chi connectivity index (χ4v) is 3.94. The monoisotopic (exact) mass is 584 g/mol. The molecule has 0 atom stereocenters. The molecule has 38 heavy (non-hydrogen) atoms. The molecule has 0 aromatic heterocycles. The van der Waals surface area contributed by atoms with Gasteiger partial charge in [-0.2, -0.15) is 0 Å². The third kappa shape index (κ3) is 6.43. The van der Waals surface area contributed by atoms with Crippen molar-refractivity contribution in [2.45, 2.75) is 0 Å². The van der Waals surface area contributed by atoms with Gasteiger partial charge in [0.25, 0.3) is 11.8 Å². The van der Waals surface area contributed by atoms with Gasteiger partial charge in [0.2, 0.25) is 5.75 Å². The summed E-state index contributed by atoms with van der Waals surface area (Å²) in [6, 6.07) is 13.9. The van der Waals surface area contributed by atoms with E-state index in [1.165, 1.54) is 52.7 Å².